The molecule has 1 aliphatic carbocycles. The Morgan fingerprint density at radius 2 is 1.78 bits per heavy atom. The molecule has 0 aromatic carbocycles. The van der Waals surface area contributed by atoms with Crippen LogP contribution in [0.1, 0.15) is 65.7 Å². The number of nitrogens with zero attached hydrogens (tertiary/aromatic N) is 1. The van der Waals surface area contributed by atoms with Crippen molar-refractivity contribution in [2.24, 2.45) is 5.92 Å². The zero-order valence-electron chi connectivity index (χ0n) is 13.0. The zero-order valence-corrected chi connectivity index (χ0v) is 13.0. The van der Waals surface area contributed by atoms with Gasteiger partial charge in [-0.1, -0.05) is 33.6 Å². The second-order valence-corrected chi connectivity index (χ2v) is 6.07. The second kappa shape index (κ2) is 8.92. The van der Waals surface area contributed by atoms with Crippen molar-refractivity contribution in [3.8, 4) is 0 Å². The van der Waals surface area contributed by atoms with Gasteiger partial charge in [0, 0.05) is 18.6 Å². The lowest BCUT2D eigenvalue weighted by atomic mass is 9.84. The Bertz CT molecular complexity index is 191. The van der Waals surface area contributed by atoms with Crippen LogP contribution in [-0.4, -0.2) is 37.1 Å². The molecule has 0 aromatic rings. The smallest absolute Gasteiger partial charge is 0.0194 e. The van der Waals surface area contributed by atoms with Crippen LogP contribution in [0, 0.1) is 5.92 Å². The summed E-state index contributed by atoms with van der Waals surface area (Å²) in [6, 6.07) is 1.53. The Morgan fingerprint density at radius 1 is 1.11 bits per heavy atom. The molecule has 0 radical (unpaired) electrons. The van der Waals surface area contributed by atoms with Crippen LogP contribution in [0.3, 0.4) is 0 Å². The van der Waals surface area contributed by atoms with Gasteiger partial charge in [-0.05, 0) is 51.6 Å². The molecule has 0 heterocycles. The maximum atomic E-state index is 3.63. The van der Waals surface area contributed by atoms with Gasteiger partial charge in [0.15, 0.2) is 0 Å². The van der Waals surface area contributed by atoms with Gasteiger partial charge in [-0.3, -0.25) is 0 Å². The summed E-state index contributed by atoms with van der Waals surface area (Å²) in [5.41, 5.74) is 0. The number of nitrogens with one attached hydrogen (secondary N) is 1. The van der Waals surface area contributed by atoms with Gasteiger partial charge in [0.05, 0.1) is 0 Å². The fourth-order valence-corrected chi connectivity index (χ4v) is 3.39. The molecule has 0 aromatic heterocycles. The average molecular weight is 254 g/mol. The molecule has 2 nitrogen and oxygen atoms in total. The molecule has 0 saturated heterocycles. The summed E-state index contributed by atoms with van der Waals surface area (Å²) in [6.45, 7) is 9.17. The lowest BCUT2D eigenvalue weighted by molar-refractivity contribution is 0.149. The van der Waals surface area contributed by atoms with Crippen LogP contribution in [0.2, 0.25) is 0 Å². The summed E-state index contributed by atoms with van der Waals surface area (Å²) < 4.78 is 0. The molecule has 108 valence electrons. The summed E-state index contributed by atoms with van der Waals surface area (Å²) in [5.74, 6) is 1.01. The van der Waals surface area contributed by atoms with Crippen molar-refractivity contribution in [1.82, 2.24) is 10.2 Å². The van der Waals surface area contributed by atoms with Gasteiger partial charge in [0.2, 0.25) is 0 Å². The molecule has 2 heteroatoms. The topological polar surface area (TPSA) is 15.3 Å². The molecule has 0 spiro atoms. The van der Waals surface area contributed by atoms with Gasteiger partial charge in [0.25, 0.3) is 0 Å². The minimum absolute atomic E-state index is 0.689. The molecule has 1 saturated carbocycles. The molecule has 1 aliphatic rings. The quantitative estimate of drug-likeness (QED) is 0.711. The van der Waals surface area contributed by atoms with Crippen LogP contribution in [0.4, 0.5) is 0 Å². The normalized spacial score (nSPS) is 26.5. The highest BCUT2D eigenvalue weighted by Gasteiger charge is 2.24. The van der Waals surface area contributed by atoms with E-state index in [9.17, 15) is 0 Å². The Kier molecular flexibility index (Phi) is 7.92. The van der Waals surface area contributed by atoms with E-state index in [2.05, 4.69) is 38.0 Å². The van der Waals surface area contributed by atoms with Gasteiger partial charge in [-0.15, -0.1) is 0 Å². The highest BCUT2D eigenvalue weighted by molar-refractivity contribution is 4.80. The first-order chi connectivity index (χ1) is 8.71. The Labute approximate surface area is 115 Å². The minimum atomic E-state index is 0.689. The van der Waals surface area contributed by atoms with E-state index < -0.39 is 0 Å². The molecule has 1 atom stereocenters. The summed E-state index contributed by atoms with van der Waals surface area (Å²) in [4.78, 5) is 2.62. The molecule has 1 unspecified atom stereocenters. The fourth-order valence-electron chi connectivity index (χ4n) is 3.39. The predicted octanol–water partition coefficient (Wildman–Crippen LogP) is 3.67. The Morgan fingerprint density at radius 3 is 2.28 bits per heavy atom. The zero-order chi connectivity index (χ0) is 13.4. The van der Waals surface area contributed by atoms with E-state index in [4.69, 9.17) is 0 Å². The third-order valence-electron chi connectivity index (χ3n) is 4.66. The maximum absolute atomic E-state index is 3.63. The highest BCUT2D eigenvalue weighted by atomic mass is 15.2. The van der Waals surface area contributed by atoms with E-state index in [-0.39, 0.29) is 0 Å². The number of hydrogen-bond donors (Lipinski definition) is 1. The summed E-state index contributed by atoms with van der Waals surface area (Å²) in [7, 11) is 2.33. The molecule has 1 fully saturated rings. The Hall–Kier alpha value is -0.0800. The predicted molar refractivity (Wildman–Crippen MR) is 81.0 cm³/mol. The molecular formula is C16H34N2. The maximum Gasteiger partial charge on any atom is 0.0194 e. The lowest BCUT2D eigenvalue weighted by Crippen LogP contribution is -2.44. The molecular weight excluding hydrogens is 220 g/mol. The van der Waals surface area contributed by atoms with Crippen LogP contribution in [-0.2, 0) is 0 Å². The largest absolute Gasteiger partial charge is 0.313 e. The number of likely N-dealkylation sites (N-methyl/N-ethyl adjacent to an activating group) is 2. The summed E-state index contributed by atoms with van der Waals surface area (Å²) in [5, 5.41) is 3.63. The highest BCUT2D eigenvalue weighted by Crippen LogP contribution is 2.29. The van der Waals surface area contributed by atoms with Crippen molar-refractivity contribution in [3.63, 3.8) is 0 Å². The van der Waals surface area contributed by atoms with Gasteiger partial charge in [-0.2, -0.15) is 0 Å². The SMILES string of the molecule is CCCC(CN(C)C1CCC(CC)CC1)NCC. The third kappa shape index (κ3) is 5.27. The molecule has 0 amide bonds. The van der Waals surface area contributed by atoms with Crippen molar-refractivity contribution in [3.05, 3.63) is 0 Å². The number of hydrogen-bond acceptors (Lipinski definition) is 2. The third-order valence-corrected chi connectivity index (χ3v) is 4.66. The van der Waals surface area contributed by atoms with E-state index in [0.29, 0.717) is 6.04 Å². The van der Waals surface area contributed by atoms with E-state index in [1.807, 2.05) is 0 Å². The van der Waals surface area contributed by atoms with Crippen LogP contribution in [0.5, 0.6) is 0 Å². The van der Waals surface area contributed by atoms with E-state index >= 15 is 0 Å². The van der Waals surface area contributed by atoms with Gasteiger partial charge < -0.3 is 10.2 Å². The van der Waals surface area contributed by atoms with Crippen molar-refractivity contribution in [1.29, 1.82) is 0 Å². The average Bonchev–Trinajstić information content (AvgIpc) is 2.39. The fraction of sp³-hybridized carbons (Fsp3) is 1.00. The van der Waals surface area contributed by atoms with Gasteiger partial charge in [-0.25, -0.2) is 0 Å². The van der Waals surface area contributed by atoms with Gasteiger partial charge >= 0.3 is 0 Å². The molecule has 0 bridgehead atoms. The van der Waals surface area contributed by atoms with Crippen molar-refractivity contribution in [2.75, 3.05) is 20.1 Å². The van der Waals surface area contributed by atoms with Crippen LogP contribution >= 0.6 is 0 Å². The lowest BCUT2D eigenvalue weighted by Gasteiger charge is -2.36. The van der Waals surface area contributed by atoms with Crippen molar-refractivity contribution in [2.45, 2.75) is 77.8 Å². The first kappa shape index (κ1) is 16.0. The van der Waals surface area contributed by atoms with E-state index in [1.54, 1.807) is 0 Å². The van der Waals surface area contributed by atoms with E-state index in [0.717, 1.165) is 18.5 Å². The first-order valence-electron chi connectivity index (χ1n) is 8.14. The Balaban J connectivity index is 2.32. The van der Waals surface area contributed by atoms with Crippen molar-refractivity contribution < 1.29 is 0 Å². The van der Waals surface area contributed by atoms with Gasteiger partial charge in [0.1, 0.15) is 0 Å². The summed E-state index contributed by atoms with van der Waals surface area (Å²) >= 11 is 0. The second-order valence-electron chi connectivity index (χ2n) is 6.07. The van der Waals surface area contributed by atoms with E-state index in [1.165, 1.54) is 51.5 Å². The van der Waals surface area contributed by atoms with Crippen LogP contribution in [0.15, 0.2) is 0 Å². The minimum Gasteiger partial charge on any atom is -0.313 e. The molecule has 0 aliphatic heterocycles. The van der Waals surface area contributed by atoms with Crippen LogP contribution in [0.25, 0.3) is 0 Å². The number of rotatable bonds is 8. The summed E-state index contributed by atoms with van der Waals surface area (Å²) in [6.07, 6.45) is 9.71. The molecule has 1 N–H and O–H groups in total. The molecule has 18 heavy (non-hydrogen) atoms. The monoisotopic (exact) mass is 254 g/mol. The van der Waals surface area contributed by atoms with Crippen LogP contribution < -0.4 is 5.32 Å². The first-order valence-corrected chi connectivity index (χ1v) is 8.14. The standard InChI is InChI=1S/C16H34N2/c1-5-8-15(17-7-3)13-18(4)16-11-9-14(6-2)10-12-16/h14-17H,5-13H2,1-4H3. The molecule has 1 rings (SSSR count). The van der Waals surface area contributed by atoms with Crippen molar-refractivity contribution >= 4 is 0 Å².